The minimum atomic E-state index is -3.20. The number of rotatable bonds is 9. The largest absolute Gasteiger partial charge is 0.508 e. The molecule has 0 aliphatic rings. The van der Waals surface area contributed by atoms with Gasteiger partial charge >= 0.3 is 0 Å². The normalized spacial score (nSPS) is 11.9. The van der Waals surface area contributed by atoms with Gasteiger partial charge in [-0.2, -0.15) is 0 Å². The maximum atomic E-state index is 11.7. The molecular weight excluding hydrogens is 276 g/mol. The lowest BCUT2D eigenvalue weighted by molar-refractivity contribution is 0.475. The zero-order chi connectivity index (χ0) is 15.0. The number of phenolic OH excluding ortho intramolecular Hbond substituents is 1. The van der Waals surface area contributed by atoms with Crippen molar-refractivity contribution in [3.63, 3.8) is 0 Å². The van der Waals surface area contributed by atoms with Gasteiger partial charge in [0, 0.05) is 12.6 Å². The van der Waals surface area contributed by atoms with Crippen molar-refractivity contribution in [2.45, 2.75) is 32.7 Å². The first-order valence-electron chi connectivity index (χ1n) is 6.88. The molecule has 0 radical (unpaired) electrons. The Hall–Kier alpha value is -1.11. The maximum Gasteiger partial charge on any atom is 0.211 e. The molecule has 1 aromatic rings. The summed E-state index contributed by atoms with van der Waals surface area (Å²) in [6.07, 6.45) is 1.22. The highest BCUT2D eigenvalue weighted by molar-refractivity contribution is 7.89. The van der Waals surface area contributed by atoms with E-state index < -0.39 is 10.0 Å². The molecule has 20 heavy (non-hydrogen) atoms. The Kier molecular flexibility index (Phi) is 6.98. The van der Waals surface area contributed by atoms with E-state index in [-0.39, 0.29) is 11.5 Å². The highest BCUT2D eigenvalue weighted by Crippen LogP contribution is 2.09. The van der Waals surface area contributed by atoms with E-state index in [9.17, 15) is 8.42 Å². The van der Waals surface area contributed by atoms with Crippen LogP contribution in [-0.2, 0) is 16.4 Å². The van der Waals surface area contributed by atoms with Gasteiger partial charge in [0.2, 0.25) is 10.0 Å². The lowest BCUT2D eigenvalue weighted by Crippen LogP contribution is -2.31. The number of benzene rings is 1. The van der Waals surface area contributed by atoms with E-state index >= 15 is 0 Å². The summed E-state index contributed by atoms with van der Waals surface area (Å²) in [4.78, 5) is 0. The summed E-state index contributed by atoms with van der Waals surface area (Å²) in [5.41, 5.74) is 0.993. The average Bonchev–Trinajstić information content (AvgIpc) is 2.37. The molecule has 5 nitrogen and oxygen atoms in total. The smallest absolute Gasteiger partial charge is 0.211 e. The fraction of sp³-hybridized carbons (Fsp3) is 0.571. The van der Waals surface area contributed by atoms with Crippen molar-refractivity contribution >= 4 is 10.0 Å². The number of hydrogen-bond donors (Lipinski definition) is 3. The molecule has 0 bridgehead atoms. The molecular formula is C14H24N2O3S. The van der Waals surface area contributed by atoms with Crippen molar-refractivity contribution in [3.05, 3.63) is 29.8 Å². The highest BCUT2D eigenvalue weighted by atomic mass is 32.2. The molecule has 0 saturated carbocycles. The monoisotopic (exact) mass is 300 g/mol. The van der Waals surface area contributed by atoms with E-state index in [4.69, 9.17) is 5.11 Å². The predicted molar refractivity (Wildman–Crippen MR) is 81.4 cm³/mol. The van der Waals surface area contributed by atoms with Crippen molar-refractivity contribution in [1.82, 2.24) is 10.0 Å². The first-order chi connectivity index (χ1) is 9.39. The summed E-state index contributed by atoms with van der Waals surface area (Å²) in [5.74, 6) is 0.356. The molecule has 3 N–H and O–H groups in total. The van der Waals surface area contributed by atoms with Crippen LogP contribution in [0.15, 0.2) is 24.3 Å². The lowest BCUT2D eigenvalue weighted by Gasteiger charge is -2.09. The van der Waals surface area contributed by atoms with Crippen molar-refractivity contribution < 1.29 is 13.5 Å². The van der Waals surface area contributed by atoms with Crippen LogP contribution in [0.5, 0.6) is 5.75 Å². The zero-order valence-corrected chi connectivity index (χ0v) is 12.9. The Morgan fingerprint density at radius 1 is 1.15 bits per heavy atom. The molecule has 0 aliphatic carbocycles. The van der Waals surface area contributed by atoms with Crippen molar-refractivity contribution in [1.29, 1.82) is 0 Å². The van der Waals surface area contributed by atoms with Crippen molar-refractivity contribution in [2.24, 2.45) is 0 Å². The van der Waals surface area contributed by atoms with E-state index in [0.29, 0.717) is 32.0 Å². The molecule has 1 rings (SSSR count). The minimum absolute atomic E-state index is 0.141. The van der Waals surface area contributed by atoms with E-state index in [2.05, 4.69) is 10.0 Å². The quantitative estimate of drug-likeness (QED) is 0.600. The molecule has 0 unspecified atom stereocenters. The molecule has 0 atom stereocenters. The molecule has 1 aromatic carbocycles. The van der Waals surface area contributed by atoms with E-state index in [1.54, 1.807) is 24.3 Å². The third kappa shape index (κ3) is 7.47. The van der Waals surface area contributed by atoms with Crippen molar-refractivity contribution in [3.8, 4) is 5.75 Å². The van der Waals surface area contributed by atoms with Crippen LogP contribution in [0.2, 0.25) is 0 Å². The Morgan fingerprint density at radius 2 is 1.80 bits per heavy atom. The fourth-order valence-corrected chi connectivity index (χ4v) is 2.82. The molecule has 6 heteroatoms. The fourth-order valence-electron chi connectivity index (χ4n) is 1.74. The average molecular weight is 300 g/mol. The van der Waals surface area contributed by atoms with E-state index in [1.807, 2.05) is 13.8 Å². The summed E-state index contributed by atoms with van der Waals surface area (Å²) in [7, 11) is -3.20. The SMILES string of the molecule is CC(C)NCCCS(=O)(=O)NCCc1ccc(O)cc1. The molecule has 0 amide bonds. The van der Waals surface area contributed by atoms with Crippen LogP contribution in [0.25, 0.3) is 0 Å². The lowest BCUT2D eigenvalue weighted by atomic mass is 10.1. The van der Waals surface area contributed by atoms with Gasteiger partial charge in [0.05, 0.1) is 5.75 Å². The van der Waals surface area contributed by atoms with Gasteiger partial charge in [-0.3, -0.25) is 0 Å². The van der Waals surface area contributed by atoms with E-state index in [1.165, 1.54) is 0 Å². The molecule has 0 spiro atoms. The van der Waals surface area contributed by atoms with Gasteiger partial charge in [-0.05, 0) is 37.1 Å². The van der Waals surface area contributed by atoms with Crippen LogP contribution < -0.4 is 10.0 Å². The maximum absolute atomic E-state index is 11.7. The number of phenols is 1. The summed E-state index contributed by atoms with van der Waals surface area (Å²) < 4.78 is 26.1. The number of sulfonamides is 1. The molecule has 0 saturated heterocycles. The third-order valence-corrected chi connectivity index (χ3v) is 4.28. The van der Waals surface area contributed by atoms with Gasteiger partial charge in [-0.25, -0.2) is 13.1 Å². The van der Waals surface area contributed by atoms with Crippen LogP contribution >= 0.6 is 0 Å². The van der Waals surface area contributed by atoms with Crippen LogP contribution in [0, 0.1) is 0 Å². The zero-order valence-electron chi connectivity index (χ0n) is 12.1. The topological polar surface area (TPSA) is 78.4 Å². The number of aromatic hydroxyl groups is 1. The second-order valence-corrected chi connectivity index (χ2v) is 7.02. The molecule has 0 aliphatic heterocycles. The van der Waals surface area contributed by atoms with Gasteiger partial charge < -0.3 is 10.4 Å². The molecule has 0 heterocycles. The Labute approximate surface area is 121 Å². The number of hydrogen-bond acceptors (Lipinski definition) is 4. The second kappa shape index (κ2) is 8.24. The molecule has 0 aromatic heterocycles. The molecule has 114 valence electrons. The van der Waals surface area contributed by atoms with Crippen molar-refractivity contribution in [2.75, 3.05) is 18.8 Å². The van der Waals surface area contributed by atoms with Gasteiger partial charge in [0.1, 0.15) is 5.75 Å². The van der Waals surface area contributed by atoms with Crippen LogP contribution in [0.1, 0.15) is 25.8 Å². The van der Waals surface area contributed by atoms with E-state index in [0.717, 1.165) is 5.56 Å². The Morgan fingerprint density at radius 3 is 2.40 bits per heavy atom. The van der Waals surface area contributed by atoms with Gasteiger partial charge in [-0.15, -0.1) is 0 Å². The van der Waals surface area contributed by atoms with Crippen LogP contribution in [0.3, 0.4) is 0 Å². The number of nitrogens with one attached hydrogen (secondary N) is 2. The second-order valence-electron chi connectivity index (χ2n) is 5.09. The van der Waals surface area contributed by atoms with Crippen LogP contribution in [0.4, 0.5) is 0 Å². The third-order valence-electron chi connectivity index (χ3n) is 2.81. The van der Waals surface area contributed by atoms with Gasteiger partial charge in [-0.1, -0.05) is 26.0 Å². The first-order valence-corrected chi connectivity index (χ1v) is 8.53. The van der Waals surface area contributed by atoms with Gasteiger partial charge in [0.25, 0.3) is 0 Å². The summed E-state index contributed by atoms with van der Waals surface area (Å²) >= 11 is 0. The van der Waals surface area contributed by atoms with Gasteiger partial charge in [0.15, 0.2) is 0 Å². The summed E-state index contributed by atoms with van der Waals surface area (Å²) in [6, 6.07) is 7.15. The standard InChI is InChI=1S/C14H24N2O3S/c1-12(2)15-9-3-11-20(18,19)16-10-8-13-4-6-14(17)7-5-13/h4-7,12,15-17H,3,8-11H2,1-2H3. The predicted octanol–water partition coefficient (Wildman–Crippen LogP) is 1.24. The highest BCUT2D eigenvalue weighted by Gasteiger charge is 2.09. The Bertz CT molecular complexity index is 484. The Balaban J connectivity index is 2.24. The van der Waals surface area contributed by atoms with Crippen LogP contribution in [-0.4, -0.2) is 38.4 Å². The minimum Gasteiger partial charge on any atom is -0.508 e. The molecule has 0 fully saturated rings. The first kappa shape index (κ1) is 16.9. The summed E-state index contributed by atoms with van der Waals surface area (Å²) in [6.45, 7) is 5.15. The summed E-state index contributed by atoms with van der Waals surface area (Å²) in [5, 5.41) is 12.3.